The maximum atomic E-state index is 13.4. The number of hydrogen-bond acceptors (Lipinski definition) is 2. The highest BCUT2D eigenvalue weighted by atomic mass is 35.5. The van der Waals surface area contributed by atoms with Crippen LogP contribution < -0.4 is 0 Å². The SMILES string of the molecule is N#CC1(C#N)C2CC(=C(Cl)C2Cl)C1(C(F)(F)F)C(F)(F)F. The third kappa shape index (κ3) is 1.50. The molecule has 0 aromatic heterocycles. The van der Waals surface area contributed by atoms with Crippen LogP contribution in [0, 0.1) is 39.4 Å². The molecule has 0 heterocycles. The van der Waals surface area contributed by atoms with Gasteiger partial charge in [-0.1, -0.05) is 11.6 Å². The molecule has 2 bridgehead atoms. The first-order chi connectivity index (χ1) is 9.42. The van der Waals surface area contributed by atoms with Crippen molar-refractivity contribution in [2.45, 2.75) is 24.2 Å². The van der Waals surface area contributed by atoms with Gasteiger partial charge in [0.1, 0.15) is 0 Å². The first-order valence-corrected chi connectivity index (χ1v) is 6.23. The number of halogens is 8. The summed E-state index contributed by atoms with van der Waals surface area (Å²) in [5.41, 5.74) is -9.22. The summed E-state index contributed by atoms with van der Waals surface area (Å²) in [5, 5.41) is 15.8. The Labute approximate surface area is 124 Å². The molecule has 0 aromatic carbocycles. The number of hydrogen-bond donors (Lipinski definition) is 0. The minimum atomic E-state index is -5.90. The molecule has 1 fully saturated rings. The standard InChI is InChI=1S/C11H4Cl2F6N2/c12-6-4-1-5(7(6)13)9(10(14,15)16,11(17,18)19)8(4,2-20)3-21/h4,6H,1H2. The van der Waals surface area contributed by atoms with Gasteiger partial charge in [0.2, 0.25) is 5.41 Å². The molecule has 0 aromatic rings. The normalized spacial score (nSPS) is 30.2. The van der Waals surface area contributed by atoms with Gasteiger partial charge in [-0.3, -0.25) is 0 Å². The molecule has 2 aliphatic rings. The molecule has 2 rings (SSSR count). The molecule has 2 atom stereocenters. The monoisotopic (exact) mass is 348 g/mol. The van der Waals surface area contributed by atoms with E-state index in [1.54, 1.807) is 0 Å². The largest absolute Gasteiger partial charge is 0.409 e. The number of nitrogens with zero attached hydrogens (tertiary/aromatic N) is 2. The van der Waals surface area contributed by atoms with Gasteiger partial charge in [0, 0.05) is 11.0 Å². The number of rotatable bonds is 0. The van der Waals surface area contributed by atoms with Crippen molar-refractivity contribution in [3.8, 4) is 12.1 Å². The number of alkyl halides is 7. The fraction of sp³-hybridized carbons (Fsp3) is 0.636. The molecular formula is C11H4Cl2F6N2. The summed E-state index contributed by atoms with van der Waals surface area (Å²) in [6.45, 7) is 0. The molecule has 0 N–H and O–H groups in total. The molecule has 0 amide bonds. The summed E-state index contributed by atoms with van der Waals surface area (Å²) in [5.74, 6) is -1.67. The van der Waals surface area contributed by atoms with E-state index in [4.69, 9.17) is 33.7 Å². The van der Waals surface area contributed by atoms with E-state index in [2.05, 4.69) is 0 Å². The Kier molecular flexibility index (Phi) is 3.26. The summed E-state index contributed by atoms with van der Waals surface area (Å²) in [6, 6.07) is 1.87. The zero-order valence-corrected chi connectivity index (χ0v) is 11.3. The van der Waals surface area contributed by atoms with Crippen LogP contribution in [-0.2, 0) is 0 Å². The summed E-state index contributed by atoms with van der Waals surface area (Å²) in [7, 11) is 0. The Morgan fingerprint density at radius 1 is 1.05 bits per heavy atom. The van der Waals surface area contributed by atoms with Crippen molar-refractivity contribution in [1.82, 2.24) is 0 Å². The fourth-order valence-electron chi connectivity index (χ4n) is 3.29. The molecule has 1 saturated carbocycles. The van der Waals surface area contributed by atoms with Gasteiger partial charge in [-0.15, -0.1) is 11.6 Å². The summed E-state index contributed by atoms with van der Waals surface area (Å²) in [4.78, 5) is 0. The van der Waals surface area contributed by atoms with Gasteiger partial charge in [0.15, 0.2) is 5.41 Å². The van der Waals surface area contributed by atoms with Gasteiger partial charge < -0.3 is 0 Å². The fourth-order valence-corrected chi connectivity index (χ4v) is 4.07. The van der Waals surface area contributed by atoms with Crippen molar-refractivity contribution in [1.29, 1.82) is 10.5 Å². The van der Waals surface area contributed by atoms with Crippen LogP contribution in [0.2, 0.25) is 0 Å². The average Bonchev–Trinajstić information content (AvgIpc) is 2.80. The average molecular weight is 349 g/mol. The Balaban J connectivity index is 2.99. The lowest BCUT2D eigenvalue weighted by Crippen LogP contribution is -2.61. The van der Waals surface area contributed by atoms with Gasteiger partial charge in [0.05, 0.1) is 17.5 Å². The highest BCUT2D eigenvalue weighted by molar-refractivity contribution is 6.38. The van der Waals surface area contributed by atoms with Crippen LogP contribution in [-0.4, -0.2) is 17.7 Å². The first kappa shape index (κ1) is 16.3. The molecule has 0 radical (unpaired) electrons. The van der Waals surface area contributed by atoms with Gasteiger partial charge in [-0.2, -0.15) is 36.9 Å². The minimum absolute atomic E-state index is 0.780. The second-order valence-electron chi connectivity index (χ2n) is 4.82. The second-order valence-corrected chi connectivity index (χ2v) is 5.69. The van der Waals surface area contributed by atoms with Crippen LogP contribution in [0.1, 0.15) is 6.42 Å². The summed E-state index contributed by atoms with van der Waals surface area (Å²) < 4.78 is 80.3. The van der Waals surface area contributed by atoms with Crippen molar-refractivity contribution in [3.63, 3.8) is 0 Å². The van der Waals surface area contributed by atoms with Crippen LogP contribution in [0.3, 0.4) is 0 Å². The molecule has 2 aliphatic carbocycles. The highest BCUT2D eigenvalue weighted by Gasteiger charge is 2.89. The molecule has 2 nitrogen and oxygen atoms in total. The van der Waals surface area contributed by atoms with Crippen LogP contribution in [0.15, 0.2) is 10.6 Å². The maximum absolute atomic E-state index is 13.4. The van der Waals surface area contributed by atoms with Crippen LogP contribution >= 0.6 is 23.2 Å². The smallest absolute Gasteiger partial charge is 0.196 e. The zero-order chi connectivity index (χ0) is 16.4. The Bertz CT molecular complexity index is 578. The van der Waals surface area contributed by atoms with Crippen molar-refractivity contribution in [2.75, 3.05) is 0 Å². The van der Waals surface area contributed by atoms with E-state index in [-0.39, 0.29) is 0 Å². The van der Waals surface area contributed by atoms with E-state index in [1.165, 1.54) is 0 Å². The Hall–Kier alpha value is -1.12. The van der Waals surface area contributed by atoms with E-state index >= 15 is 0 Å². The van der Waals surface area contributed by atoms with Gasteiger partial charge >= 0.3 is 12.4 Å². The van der Waals surface area contributed by atoms with E-state index in [0.29, 0.717) is 0 Å². The molecule has 114 valence electrons. The van der Waals surface area contributed by atoms with Gasteiger partial charge in [0.25, 0.3) is 0 Å². The van der Waals surface area contributed by atoms with E-state index in [9.17, 15) is 26.3 Å². The summed E-state index contributed by atoms with van der Waals surface area (Å²) in [6.07, 6.45) is -12.6. The molecule has 21 heavy (non-hydrogen) atoms. The van der Waals surface area contributed by atoms with Crippen molar-refractivity contribution in [2.24, 2.45) is 16.7 Å². The van der Waals surface area contributed by atoms with Crippen molar-refractivity contribution in [3.05, 3.63) is 10.6 Å². The van der Waals surface area contributed by atoms with Crippen LogP contribution in [0.5, 0.6) is 0 Å². The lowest BCUT2D eigenvalue weighted by atomic mass is 9.58. The lowest BCUT2D eigenvalue weighted by Gasteiger charge is -2.45. The minimum Gasteiger partial charge on any atom is -0.196 e. The van der Waals surface area contributed by atoms with Gasteiger partial charge in [-0.25, -0.2) is 0 Å². The van der Waals surface area contributed by atoms with Gasteiger partial charge in [-0.05, 0) is 12.0 Å². The Morgan fingerprint density at radius 2 is 1.48 bits per heavy atom. The Morgan fingerprint density at radius 3 is 1.81 bits per heavy atom. The quantitative estimate of drug-likeness (QED) is 0.485. The highest BCUT2D eigenvalue weighted by Crippen LogP contribution is 2.76. The van der Waals surface area contributed by atoms with Crippen molar-refractivity contribution < 1.29 is 26.3 Å². The van der Waals surface area contributed by atoms with E-state index < -0.39 is 51.5 Å². The predicted molar refractivity (Wildman–Crippen MR) is 58.8 cm³/mol. The predicted octanol–water partition coefficient (Wildman–Crippen LogP) is 4.26. The van der Waals surface area contributed by atoms with E-state index in [0.717, 1.165) is 12.1 Å². The lowest BCUT2D eigenvalue weighted by molar-refractivity contribution is -0.345. The number of nitriles is 2. The van der Waals surface area contributed by atoms with E-state index in [1.807, 2.05) is 0 Å². The number of fused-ring (bicyclic) bond motifs is 2. The first-order valence-electron chi connectivity index (χ1n) is 5.41. The molecule has 0 spiro atoms. The molecule has 10 heteroatoms. The van der Waals surface area contributed by atoms with Crippen LogP contribution in [0.4, 0.5) is 26.3 Å². The summed E-state index contributed by atoms with van der Waals surface area (Å²) >= 11 is 11.2. The molecule has 0 aliphatic heterocycles. The third-order valence-corrected chi connectivity index (χ3v) is 5.21. The maximum Gasteiger partial charge on any atom is 0.409 e. The topological polar surface area (TPSA) is 47.6 Å². The van der Waals surface area contributed by atoms with Crippen LogP contribution in [0.25, 0.3) is 0 Å². The molecule has 2 unspecified atom stereocenters. The second kappa shape index (κ2) is 4.21. The third-order valence-electron chi connectivity index (χ3n) is 4.11. The van der Waals surface area contributed by atoms with Crippen molar-refractivity contribution >= 4 is 23.2 Å². The number of allylic oxidation sites excluding steroid dienone is 2. The molecule has 0 saturated heterocycles. The zero-order valence-electron chi connectivity index (χ0n) is 9.78. The molecular weight excluding hydrogens is 345 g/mol.